The topological polar surface area (TPSA) is 52.9 Å². The minimum Gasteiger partial charge on any atom is -0.478 e. The number of hydrogen-bond donors (Lipinski definition) is 1. The molecule has 0 radical (unpaired) electrons. The lowest BCUT2D eigenvalue weighted by atomic mass is 9.79. The van der Waals surface area contributed by atoms with Crippen LogP contribution in [0.5, 0.6) is 0 Å². The largest absolute Gasteiger partial charge is 0.478 e. The van der Waals surface area contributed by atoms with Crippen LogP contribution < -0.4 is 4.90 Å². The van der Waals surface area contributed by atoms with E-state index in [1.807, 2.05) is 0 Å². The number of carboxylic acids is 1. The van der Waals surface area contributed by atoms with Gasteiger partial charge in [-0.15, -0.1) is 0 Å². The fourth-order valence-corrected chi connectivity index (χ4v) is 4.49. The molecule has 1 N–H and O–H groups in total. The van der Waals surface area contributed by atoms with Crippen LogP contribution in [-0.4, -0.2) is 29.4 Å². The summed E-state index contributed by atoms with van der Waals surface area (Å²) >= 11 is 6.22. The molecule has 0 saturated heterocycles. The minimum absolute atomic E-state index is 0.134. The maximum atomic E-state index is 11.2. The number of anilines is 1. The molecule has 5 heteroatoms. The summed E-state index contributed by atoms with van der Waals surface area (Å²) in [6.45, 7) is 12.3. The van der Waals surface area contributed by atoms with Gasteiger partial charge in [-0.2, -0.15) is 0 Å². The first-order valence-electron chi connectivity index (χ1n) is 10.1. The molecule has 0 amide bonds. The molecule has 0 bridgehead atoms. The maximum Gasteiger partial charge on any atom is 0.335 e. The summed E-state index contributed by atoms with van der Waals surface area (Å²) in [5.74, 6) is -0.532. The second-order valence-corrected chi connectivity index (χ2v) is 8.97. The molecular formula is C24H29ClN2O2. The van der Waals surface area contributed by atoms with Crippen molar-refractivity contribution < 1.29 is 9.90 Å². The third kappa shape index (κ3) is 4.32. The number of aromatic carboxylic acids is 1. The van der Waals surface area contributed by atoms with Crippen molar-refractivity contribution in [1.82, 2.24) is 0 Å². The lowest BCUT2D eigenvalue weighted by Gasteiger charge is -2.48. The average molecular weight is 413 g/mol. The molecule has 2 aromatic rings. The van der Waals surface area contributed by atoms with E-state index < -0.39 is 5.97 Å². The highest BCUT2D eigenvalue weighted by atomic mass is 35.5. The van der Waals surface area contributed by atoms with Gasteiger partial charge in [0.2, 0.25) is 0 Å². The third-order valence-corrected chi connectivity index (χ3v) is 6.08. The van der Waals surface area contributed by atoms with Gasteiger partial charge in [0.05, 0.1) is 16.3 Å². The monoisotopic (exact) mass is 412 g/mol. The summed E-state index contributed by atoms with van der Waals surface area (Å²) in [5.41, 5.74) is 5.61. The van der Waals surface area contributed by atoms with Crippen molar-refractivity contribution in [3.63, 3.8) is 0 Å². The van der Waals surface area contributed by atoms with E-state index in [-0.39, 0.29) is 11.1 Å². The Morgan fingerprint density at radius 2 is 2.07 bits per heavy atom. The summed E-state index contributed by atoms with van der Waals surface area (Å²) in [5, 5.41) is 9.64. The SMILES string of the molecule is CCCN1c2cc(C)c(C=Nc3cc(C(=O)O)ccc3Cl)cc2C(C)CC1(C)C. The van der Waals surface area contributed by atoms with Crippen LogP contribution in [0.4, 0.5) is 11.4 Å². The zero-order valence-corrected chi connectivity index (χ0v) is 18.5. The highest BCUT2D eigenvalue weighted by molar-refractivity contribution is 6.33. The lowest BCUT2D eigenvalue weighted by molar-refractivity contribution is 0.0697. The number of aryl methyl sites for hydroxylation is 1. The fraction of sp³-hybridized carbons (Fsp3) is 0.417. The zero-order valence-electron chi connectivity index (χ0n) is 17.8. The highest BCUT2D eigenvalue weighted by Gasteiger charge is 2.36. The Balaban J connectivity index is 2.01. The number of fused-ring (bicyclic) bond motifs is 1. The van der Waals surface area contributed by atoms with Gasteiger partial charge in [0.1, 0.15) is 0 Å². The van der Waals surface area contributed by atoms with Gasteiger partial charge < -0.3 is 10.0 Å². The standard InChI is InChI=1S/C24H29ClN2O2/c1-6-9-27-22-10-15(2)18(11-19(22)16(3)13-24(27,4)5)14-26-21-12-17(23(28)29)7-8-20(21)25/h7-8,10-12,14,16H,6,9,13H2,1-5H3,(H,28,29). The Morgan fingerprint density at radius 1 is 1.34 bits per heavy atom. The summed E-state index contributed by atoms with van der Waals surface area (Å²) in [6.07, 6.45) is 4.00. The van der Waals surface area contributed by atoms with Gasteiger partial charge in [-0.1, -0.05) is 25.4 Å². The second kappa shape index (κ2) is 8.19. The molecule has 0 fully saturated rings. The van der Waals surface area contributed by atoms with Crippen molar-refractivity contribution in [2.45, 2.75) is 58.9 Å². The van der Waals surface area contributed by atoms with Crippen LogP contribution in [0.3, 0.4) is 0 Å². The number of aliphatic imine (C=N–C) groups is 1. The van der Waals surface area contributed by atoms with Gasteiger partial charge in [-0.25, -0.2) is 4.79 Å². The Hall–Kier alpha value is -2.33. The molecule has 1 aliphatic rings. The predicted molar refractivity (Wildman–Crippen MR) is 122 cm³/mol. The molecule has 1 heterocycles. The molecule has 1 unspecified atom stereocenters. The van der Waals surface area contributed by atoms with Gasteiger partial charge in [-0.3, -0.25) is 4.99 Å². The van der Waals surface area contributed by atoms with Gasteiger partial charge >= 0.3 is 5.97 Å². The van der Waals surface area contributed by atoms with E-state index in [2.05, 4.69) is 56.6 Å². The van der Waals surface area contributed by atoms with E-state index in [1.54, 1.807) is 12.3 Å². The average Bonchev–Trinajstić information content (AvgIpc) is 2.64. The van der Waals surface area contributed by atoms with Crippen LogP contribution in [0.25, 0.3) is 0 Å². The van der Waals surface area contributed by atoms with Crippen LogP contribution in [0.15, 0.2) is 35.3 Å². The number of carbonyl (C=O) groups is 1. The first-order chi connectivity index (χ1) is 13.6. The smallest absolute Gasteiger partial charge is 0.335 e. The first-order valence-corrected chi connectivity index (χ1v) is 10.5. The zero-order chi connectivity index (χ0) is 21.3. The number of nitrogens with zero attached hydrogens (tertiary/aromatic N) is 2. The Labute approximate surface area is 178 Å². The van der Waals surface area contributed by atoms with Crippen LogP contribution >= 0.6 is 11.6 Å². The number of benzene rings is 2. The van der Waals surface area contributed by atoms with Crippen molar-refractivity contribution >= 4 is 35.2 Å². The quantitative estimate of drug-likeness (QED) is 0.563. The maximum absolute atomic E-state index is 11.2. The van der Waals surface area contributed by atoms with E-state index in [9.17, 15) is 9.90 Å². The van der Waals surface area contributed by atoms with Crippen LogP contribution in [0, 0.1) is 6.92 Å². The van der Waals surface area contributed by atoms with Crippen LogP contribution in [0.1, 0.15) is 73.5 Å². The van der Waals surface area contributed by atoms with Gasteiger partial charge in [0.25, 0.3) is 0 Å². The Morgan fingerprint density at radius 3 is 2.72 bits per heavy atom. The van der Waals surface area contributed by atoms with Crippen molar-refractivity contribution in [2.24, 2.45) is 4.99 Å². The Bertz CT molecular complexity index is 966. The first kappa shape index (κ1) is 21.4. The summed E-state index contributed by atoms with van der Waals surface area (Å²) in [7, 11) is 0. The molecule has 4 nitrogen and oxygen atoms in total. The van der Waals surface area contributed by atoms with Crippen molar-refractivity contribution in [2.75, 3.05) is 11.4 Å². The van der Waals surface area contributed by atoms with E-state index >= 15 is 0 Å². The van der Waals surface area contributed by atoms with Crippen LogP contribution in [-0.2, 0) is 0 Å². The van der Waals surface area contributed by atoms with Crippen molar-refractivity contribution in [3.8, 4) is 0 Å². The molecule has 0 aliphatic carbocycles. The number of halogens is 1. The van der Waals surface area contributed by atoms with E-state index in [0.717, 1.165) is 30.5 Å². The summed E-state index contributed by atoms with van der Waals surface area (Å²) < 4.78 is 0. The molecule has 29 heavy (non-hydrogen) atoms. The molecule has 1 aliphatic heterocycles. The second-order valence-electron chi connectivity index (χ2n) is 8.57. The van der Waals surface area contributed by atoms with Crippen LogP contribution in [0.2, 0.25) is 5.02 Å². The van der Waals surface area contributed by atoms with Gasteiger partial charge in [-0.05, 0) is 86.6 Å². The normalized spacial score (nSPS) is 18.1. The number of rotatable bonds is 5. The molecule has 154 valence electrons. The lowest BCUT2D eigenvalue weighted by Crippen LogP contribution is -2.48. The van der Waals surface area contributed by atoms with E-state index in [1.165, 1.54) is 23.4 Å². The minimum atomic E-state index is -0.990. The Kier molecular flexibility index (Phi) is 6.04. The summed E-state index contributed by atoms with van der Waals surface area (Å²) in [6, 6.07) is 9.05. The van der Waals surface area contributed by atoms with Gasteiger partial charge in [0, 0.05) is 24.0 Å². The third-order valence-electron chi connectivity index (χ3n) is 5.76. The van der Waals surface area contributed by atoms with Gasteiger partial charge in [0.15, 0.2) is 0 Å². The number of carboxylic acid groups (broad SMARTS) is 1. The molecule has 1 atom stereocenters. The number of hydrogen-bond acceptors (Lipinski definition) is 3. The van der Waals surface area contributed by atoms with E-state index in [4.69, 9.17) is 11.6 Å². The molecule has 0 spiro atoms. The predicted octanol–water partition coefficient (Wildman–Crippen LogP) is 6.60. The molecule has 0 aromatic heterocycles. The highest BCUT2D eigenvalue weighted by Crippen LogP contribution is 2.44. The molecule has 3 rings (SSSR count). The molecule has 2 aromatic carbocycles. The fourth-order valence-electron chi connectivity index (χ4n) is 4.32. The van der Waals surface area contributed by atoms with Crippen molar-refractivity contribution in [3.05, 3.63) is 57.6 Å². The van der Waals surface area contributed by atoms with E-state index in [0.29, 0.717) is 16.6 Å². The van der Waals surface area contributed by atoms with Crippen molar-refractivity contribution in [1.29, 1.82) is 0 Å². The summed E-state index contributed by atoms with van der Waals surface area (Å²) in [4.78, 5) is 18.3. The molecular weight excluding hydrogens is 384 g/mol. The molecule has 0 saturated carbocycles.